The van der Waals surface area contributed by atoms with Crippen molar-refractivity contribution in [2.45, 2.75) is 59.4 Å². The molecule has 0 bridgehead atoms. The van der Waals surface area contributed by atoms with Gasteiger partial charge in [0.15, 0.2) is 0 Å². The van der Waals surface area contributed by atoms with Crippen LogP contribution in [0.4, 0.5) is 10.5 Å². The third-order valence-electron chi connectivity index (χ3n) is 6.46. The number of amides is 5. The largest absolute Gasteiger partial charge is 0.339 e. The van der Waals surface area contributed by atoms with E-state index in [1.165, 1.54) is 6.07 Å². The molecule has 33 heavy (non-hydrogen) atoms. The predicted octanol–water partition coefficient (Wildman–Crippen LogP) is 3.90. The fourth-order valence-corrected chi connectivity index (χ4v) is 5.70. The van der Waals surface area contributed by atoms with E-state index in [4.69, 9.17) is 11.6 Å². The minimum atomic E-state index is -0.950. The standard InChI is InChI=1S/C24H33ClN4O4/c1-6-28(7-2)20(31)17-9-8-16(10-18(17)25)26-19(30)13-29-21(32)24(27-22(29)33)12-15(3)11-23(4,5)14-24/h8-10,15H,6-7,11-14H2,1-5H3,(H,26,30)(H,27,33). The fourth-order valence-electron chi connectivity index (χ4n) is 5.44. The molecular formula is C24H33ClN4O4. The van der Waals surface area contributed by atoms with Gasteiger partial charge in [-0.05, 0) is 62.6 Å². The van der Waals surface area contributed by atoms with Crippen LogP contribution >= 0.6 is 11.6 Å². The Labute approximate surface area is 200 Å². The second-order valence-electron chi connectivity index (χ2n) is 9.98. The minimum Gasteiger partial charge on any atom is -0.339 e. The molecule has 180 valence electrons. The molecule has 1 aliphatic carbocycles. The van der Waals surface area contributed by atoms with Crippen molar-refractivity contribution in [3.63, 3.8) is 0 Å². The van der Waals surface area contributed by atoms with Crippen LogP contribution in [0.15, 0.2) is 18.2 Å². The van der Waals surface area contributed by atoms with Gasteiger partial charge >= 0.3 is 6.03 Å². The highest BCUT2D eigenvalue weighted by molar-refractivity contribution is 6.34. The maximum atomic E-state index is 13.2. The summed E-state index contributed by atoms with van der Waals surface area (Å²) in [6.07, 6.45) is 2.09. The van der Waals surface area contributed by atoms with Crippen molar-refractivity contribution >= 4 is 41.0 Å². The van der Waals surface area contributed by atoms with E-state index in [9.17, 15) is 19.2 Å². The van der Waals surface area contributed by atoms with E-state index < -0.39 is 17.5 Å². The molecule has 2 unspecified atom stereocenters. The molecule has 8 nitrogen and oxygen atoms in total. The van der Waals surface area contributed by atoms with Crippen LogP contribution in [-0.4, -0.2) is 58.7 Å². The first-order chi connectivity index (χ1) is 15.4. The van der Waals surface area contributed by atoms with Crippen molar-refractivity contribution in [3.05, 3.63) is 28.8 Å². The molecule has 1 spiro atoms. The van der Waals surface area contributed by atoms with E-state index in [0.717, 1.165) is 11.3 Å². The first-order valence-electron chi connectivity index (χ1n) is 11.4. The van der Waals surface area contributed by atoms with Crippen molar-refractivity contribution in [3.8, 4) is 0 Å². The lowest BCUT2D eigenvalue weighted by Gasteiger charge is -2.43. The van der Waals surface area contributed by atoms with E-state index in [1.54, 1.807) is 17.0 Å². The molecule has 1 heterocycles. The first-order valence-corrected chi connectivity index (χ1v) is 11.8. The average Bonchev–Trinajstić information content (AvgIpc) is 2.90. The third kappa shape index (κ3) is 5.16. The number of hydrogen-bond acceptors (Lipinski definition) is 4. The molecule has 2 atom stereocenters. The summed E-state index contributed by atoms with van der Waals surface area (Å²) in [5.41, 5.74) is -0.299. The number of anilines is 1. The van der Waals surface area contributed by atoms with E-state index in [-0.39, 0.29) is 34.7 Å². The van der Waals surface area contributed by atoms with Crippen molar-refractivity contribution in [2.24, 2.45) is 11.3 Å². The van der Waals surface area contributed by atoms with Crippen LogP contribution in [0.2, 0.25) is 5.02 Å². The minimum absolute atomic E-state index is 0.0834. The van der Waals surface area contributed by atoms with Crippen LogP contribution in [0.3, 0.4) is 0 Å². The van der Waals surface area contributed by atoms with Crippen LogP contribution in [0.25, 0.3) is 0 Å². The summed E-state index contributed by atoms with van der Waals surface area (Å²) < 4.78 is 0. The summed E-state index contributed by atoms with van der Waals surface area (Å²) in [5, 5.41) is 5.76. The van der Waals surface area contributed by atoms with Gasteiger partial charge in [-0.15, -0.1) is 0 Å². The Balaban J connectivity index is 1.69. The lowest BCUT2D eigenvalue weighted by atomic mass is 9.64. The Kier molecular flexibility index (Phi) is 7.07. The van der Waals surface area contributed by atoms with Gasteiger partial charge in [0.2, 0.25) is 5.91 Å². The molecule has 9 heteroatoms. The van der Waals surface area contributed by atoms with E-state index in [1.807, 2.05) is 13.8 Å². The smallest absolute Gasteiger partial charge is 0.325 e. The first kappa shape index (κ1) is 25.0. The molecule has 2 aliphatic rings. The van der Waals surface area contributed by atoms with Gasteiger partial charge in [0, 0.05) is 18.8 Å². The fraction of sp³-hybridized carbons (Fsp3) is 0.583. The number of nitrogens with zero attached hydrogens (tertiary/aromatic N) is 2. The number of halogens is 1. The van der Waals surface area contributed by atoms with E-state index in [2.05, 4.69) is 31.4 Å². The van der Waals surface area contributed by atoms with Crippen LogP contribution in [-0.2, 0) is 9.59 Å². The molecule has 1 saturated carbocycles. The van der Waals surface area contributed by atoms with Gasteiger partial charge in [-0.1, -0.05) is 32.4 Å². The maximum Gasteiger partial charge on any atom is 0.325 e. The molecule has 3 rings (SSSR count). The van der Waals surface area contributed by atoms with Gasteiger partial charge < -0.3 is 15.5 Å². The molecule has 1 aromatic carbocycles. The van der Waals surface area contributed by atoms with Gasteiger partial charge in [0.05, 0.1) is 10.6 Å². The number of rotatable bonds is 6. The van der Waals surface area contributed by atoms with Gasteiger partial charge in [-0.25, -0.2) is 4.79 Å². The predicted molar refractivity (Wildman–Crippen MR) is 127 cm³/mol. The summed E-state index contributed by atoms with van der Waals surface area (Å²) >= 11 is 6.29. The molecule has 0 radical (unpaired) electrons. The summed E-state index contributed by atoms with van der Waals surface area (Å²) in [7, 11) is 0. The zero-order valence-electron chi connectivity index (χ0n) is 20.0. The molecular weight excluding hydrogens is 444 g/mol. The van der Waals surface area contributed by atoms with Gasteiger partial charge in [-0.2, -0.15) is 0 Å². The molecule has 1 aliphatic heterocycles. The Morgan fingerprint density at radius 1 is 1.21 bits per heavy atom. The lowest BCUT2D eigenvalue weighted by molar-refractivity contribution is -0.136. The van der Waals surface area contributed by atoms with Crippen LogP contribution < -0.4 is 10.6 Å². The number of hydrogen-bond donors (Lipinski definition) is 2. The molecule has 2 N–H and O–H groups in total. The van der Waals surface area contributed by atoms with Gasteiger partial charge in [0.1, 0.15) is 12.1 Å². The summed E-state index contributed by atoms with van der Waals surface area (Å²) in [5.74, 6) is -0.762. The maximum absolute atomic E-state index is 13.2. The Morgan fingerprint density at radius 3 is 2.45 bits per heavy atom. The number of urea groups is 1. The summed E-state index contributed by atoms with van der Waals surface area (Å²) in [6.45, 7) is 10.8. The van der Waals surface area contributed by atoms with Crippen molar-refractivity contribution in [1.29, 1.82) is 0 Å². The van der Waals surface area contributed by atoms with Gasteiger partial charge in [0.25, 0.3) is 11.8 Å². The highest BCUT2D eigenvalue weighted by Gasteiger charge is 2.56. The quantitative estimate of drug-likeness (QED) is 0.608. The number of nitrogens with one attached hydrogen (secondary N) is 2. The molecule has 1 aromatic rings. The SMILES string of the molecule is CCN(CC)C(=O)c1ccc(NC(=O)CN2C(=O)NC3(CC(C)CC(C)(C)C3)C2=O)cc1Cl. The van der Waals surface area contributed by atoms with E-state index >= 15 is 0 Å². The van der Waals surface area contributed by atoms with Crippen molar-refractivity contribution in [2.75, 3.05) is 25.0 Å². The topological polar surface area (TPSA) is 98.8 Å². The Morgan fingerprint density at radius 2 is 1.88 bits per heavy atom. The van der Waals surface area contributed by atoms with E-state index in [0.29, 0.717) is 37.2 Å². The average molecular weight is 477 g/mol. The van der Waals surface area contributed by atoms with Crippen molar-refractivity contribution in [1.82, 2.24) is 15.1 Å². The second-order valence-corrected chi connectivity index (χ2v) is 10.4. The Bertz CT molecular complexity index is 975. The third-order valence-corrected chi connectivity index (χ3v) is 6.77. The molecule has 0 aromatic heterocycles. The summed E-state index contributed by atoms with van der Waals surface area (Å²) in [4.78, 5) is 53.7. The number of carbonyl (C=O) groups excluding carboxylic acids is 4. The Hall–Kier alpha value is -2.61. The molecule has 2 fully saturated rings. The molecule has 1 saturated heterocycles. The van der Waals surface area contributed by atoms with Crippen LogP contribution in [0.5, 0.6) is 0 Å². The highest BCUT2D eigenvalue weighted by atomic mass is 35.5. The second kappa shape index (κ2) is 9.33. The normalized spacial score (nSPS) is 24.1. The highest BCUT2D eigenvalue weighted by Crippen LogP contribution is 2.46. The zero-order valence-corrected chi connectivity index (χ0v) is 20.7. The van der Waals surface area contributed by atoms with Crippen LogP contribution in [0.1, 0.15) is 64.2 Å². The number of imide groups is 1. The number of benzene rings is 1. The number of carbonyl (C=O) groups is 4. The molecule has 5 amide bonds. The zero-order chi connectivity index (χ0) is 24.6. The van der Waals surface area contributed by atoms with Crippen molar-refractivity contribution < 1.29 is 19.2 Å². The lowest BCUT2D eigenvalue weighted by Crippen LogP contribution is -2.54. The van der Waals surface area contributed by atoms with Crippen LogP contribution in [0, 0.1) is 11.3 Å². The summed E-state index contributed by atoms with van der Waals surface area (Å²) in [6, 6.07) is 4.10. The van der Waals surface area contributed by atoms with Gasteiger partial charge in [-0.3, -0.25) is 19.3 Å². The monoisotopic (exact) mass is 476 g/mol.